The highest BCUT2D eigenvalue weighted by molar-refractivity contribution is 5.97. The van der Waals surface area contributed by atoms with Crippen molar-refractivity contribution >= 4 is 5.78 Å². The van der Waals surface area contributed by atoms with Crippen molar-refractivity contribution in [2.75, 3.05) is 0 Å². The van der Waals surface area contributed by atoms with Crippen molar-refractivity contribution < 1.29 is 22.4 Å². The monoisotopic (exact) mass is 396 g/mol. The van der Waals surface area contributed by atoms with E-state index in [9.17, 15) is 22.4 Å². The quantitative estimate of drug-likeness (QED) is 0.490. The van der Waals surface area contributed by atoms with Crippen LogP contribution in [0.3, 0.4) is 0 Å². The van der Waals surface area contributed by atoms with E-state index in [4.69, 9.17) is 0 Å². The average molecular weight is 396 g/mol. The third-order valence-electron chi connectivity index (χ3n) is 5.22. The number of halogens is 4. The van der Waals surface area contributed by atoms with Gasteiger partial charge in [-0.25, -0.2) is 4.39 Å². The van der Waals surface area contributed by atoms with Crippen LogP contribution < -0.4 is 0 Å². The van der Waals surface area contributed by atoms with Crippen molar-refractivity contribution in [3.63, 3.8) is 0 Å². The van der Waals surface area contributed by atoms with Gasteiger partial charge < -0.3 is 0 Å². The SMILES string of the molecule is CC(C)(C)c1cc(CC(=O)c2cc(C(F)(F)F)ccc2F)n(CC2CCC2)n1. The molecule has 0 unspecified atom stereocenters. The molecule has 1 fully saturated rings. The lowest BCUT2D eigenvalue weighted by Crippen LogP contribution is -2.22. The highest BCUT2D eigenvalue weighted by atomic mass is 19.4. The third-order valence-corrected chi connectivity index (χ3v) is 5.22. The molecule has 0 spiro atoms. The summed E-state index contributed by atoms with van der Waals surface area (Å²) < 4.78 is 54.6. The predicted molar refractivity (Wildman–Crippen MR) is 97.7 cm³/mol. The fourth-order valence-electron chi connectivity index (χ4n) is 3.22. The molecule has 3 nitrogen and oxygen atoms in total. The maximum atomic E-state index is 14.1. The fraction of sp³-hybridized carbons (Fsp3) is 0.524. The number of carbonyl (C=O) groups is 1. The Morgan fingerprint density at radius 1 is 1.18 bits per heavy atom. The Kier molecular flexibility index (Phi) is 5.38. The number of Topliss-reactive ketones (excluding diaryl/α,β-unsaturated/α-hetero) is 1. The number of benzene rings is 1. The van der Waals surface area contributed by atoms with Crippen molar-refractivity contribution in [2.24, 2.45) is 5.92 Å². The molecule has 1 aliphatic carbocycles. The predicted octanol–water partition coefficient (Wildman–Crippen LogP) is 5.56. The van der Waals surface area contributed by atoms with Crippen LogP contribution in [0.1, 0.15) is 67.3 Å². The van der Waals surface area contributed by atoms with Crippen LogP contribution in [0, 0.1) is 11.7 Å². The lowest BCUT2D eigenvalue weighted by atomic mass is 9.85. The molecule has 1 saturated carbocycles. The first-order valence-corrected chi connectivity index (χ1v) is 9.42. The number of rotatable bonds is 5. The molecule has 0 amide bonds. The third kappa shape index (κ3) is 4.45. The minimum absolute atomic E-state index is 0.186. The van der Waals surface area contributed by atoms with Gasteiger partial charge in [-0.3, -0.25) is 9.48 Å². The van der Waals surface area contributed by atoms with Gasteiger partial charge in [0.2, 0.25) is 0 Å². The second-order valence-corrected chi connectivity index (χ2v) is 8.54. The van der Waals surface area contributed by atoms with Crippen LogP contribution in [-0.2, 0) is 24.6 Å². The van der Waals surface area contributed by atoms with E-state index in [2.05, 4.69) is 5.10 Å². The van der Waals surface area contributed by atoms with Crippen LogP contribution in [0.15, 0.2) is 24.3 Å². The van der Waals surface area contributed by atoms with E-state index in [1.165, 1.54) is 6.42 Å². The molecule has 0 saturated heterocycles. The first-order chi connectivity index (χ1) is 12.9. The molecule has 0 radical (unpaired) electrons. The van der Waals surface area contributed by atoms with Crippen LogP contribution in [0.2, 0.25) is 0 Å². The second kappa shape index (κ2) is 7.33. The molecule has 0 aliphatic heterocycles. The highest BCUT2D eigenvalue weighted by Gasteiger charge is 2.32. The lowest BCUT2D eigenvalue weighted by Gasteiger charge is -2.26. The van der Waals surface area contributed by atoms with E-state index in [1.807, 2.05) is 26.8 Å². The van der Waals surface area contributed by atoms with E-state index in [0.29, 0.717) is 36.4 Å². The first-order valence-electron chi connectivity index (χ1n) is 9.42. The number of carbonyl (C=O) groups excluding carboxylic acids is 1. The number of hydrogen-bond donors (Lipinski definition) is 0. The summed E-state index contributed by atoms with van der Waals surface area (Å²) in [5, 5.41) is 4.62. The first kappa shape index (κ1) is 20.6. The van der Waals surface area contributed by atoms with E-state index >= 15 is 0 Å². The van der Waals surface area contributed by atoms with Gasteiger partial charge >= 0.3 is 6.18 Å². The van der Waals surface area contributed by atoms with Crippen LogP contribution in [-0.4, -0.2) is 15.6 Å². The normalized spacial score (nSPS) is 15.5. The molecule has 0 atom stereocenters. The van der Waals surface area contributed by atoms with E-state index < -0.39 is 28.9 Å². The smallest absolute Gasteiger partial charge is 0.294 e. The molecule has 0 bridgehead atoms. The Bertz CT molecular complexity index is 874. The van der Waals surface area contributed by atoms with Gasteiger partial charge in [-0.1, -0.05) is 27.2 Å². The van der Waals surface area contributed by atoms with E-state index in [0.717, 1.165) is 18.5 Å². The topological polar surface area (TPSA) is 34.9 Å². The minimum atomic E-state index is -4.63. The Hall–Kier alpha value is -2.18. The number of alkyl halides is 3. The van der Waals surface area contributed by atoms with Gasteiger partial charge in [0.15, 0.2) is 5.78 Å². The van der Waals surface area contributed by atoms with Crippen LogP contribution in [0.5, 0.6) is 0 Å². The van der Waals surface area contributed by atoms with Crippen molar-refractivity contribution in [3.8, 4) is 0 Å². The van der Waals surface area contributed by atoms with Crippen LogP contribution in [0.25, 0.3) is 0 Å². The second-order valence-electron chi connectivity index (χ2n) is 8.54. The Balaban J connectivity index is 1.90. The molecular formula is C21H24F4N2O. The van der Waals surface area contributed by atoms with E-state index in [-0.39, 0.29) is 11.8 Å². The van der Waals surface area contributed by atoms with Crippen LogP contribution >= 0.6 is 0 Å². The molecule has 152 valence electrons. The number of ketones is 1. The summed E-state index contributed by atoms with van der Waals surface area (Å²) in [5.74, 6) is -1.13. The summed E-state index contributed by atoms with van der Waals surface area (Å²) in [6.07, 6.45) is -1.45. The lowest BCUT2D eigenvalue weighted by molar-refractivity contribution is -0.137. The minimum Gasteiger partial charge on any atom is -0.294 e. The summed E-state index contributed by atoms with van der Waals surface area (Å²) in [7, 11) is 0. The zero-order valence-corrected chi connectivity index (χ0v) is 16.2. The zero-order valence-electron chi connectivity index (χ0n) is 16.2. The zero-order chi connectivity index (χ0) is 20.7. The van der Waals surface area contributed by atoms with Gasteiger partial charge in [-0.2, -0.15) is 18.3 Å². The summed E-state index contributed by atoms with van der Waals surface area (Å²) in [6, 6.07) is 3.74. The molecule has 0 N–H and O–H groups in total. The Labute approximate surface area is 161 Å². The van der Waals surface area contributed by atoms with Crippen LogP contribution in [0.4, 0.5) is 17.6 Å². The Morgan fingerprint density at radius 2 is 1.86 bits per heavy atom. The molecule has 1 aromatic carbocycles. The molecule has 3 rings (SSSR count). The Morgan fingerprint density at radius 3 is 2.39 bits per heavy atom. The summed E-state index contributed by atoms with van der Waals surface area (Å²) in [6.45, 7) is 6.67. The number of nitrogens with zero attached hydrogens (tertiary/aromatic N) is 2. The summed E-state index contributed by atoms with van der Waals surface area (Å²) in [4.78, 5) is 12.6. The molecule has 1 heterocycles. The summed E-state index contributed by atoms with van der Waals surface area (Å²) >= 11 is 0. The fourth-order valence-corrected chi connectivity index (χ4v) is 3.22. The molecule has 1 aliphatic rings. The maximum absolute atomic E-state index is 14.1. The number of hydrogen-bond acceptors (Lipinski definition) is 2. The molecule has 2 aromatic rings. The van der Waals surface area contributed by atoms with Gasteiger partial charge in [-0.15, -0.1) is 0 Å². The molecule has 28 heavy (non-hydrogen) atoms. The van der Waals surface area contributed by atoms with Gasteiger partial charge in [-0.05, 0) is 43.0 Å². The molecule has 1 aromatic heterocycles. The van der Waals surface area contributed by atoms with Gasteiger partial charge in [0, 0.05) is 17.7 Å². The summed E-state index contributed by atoms with van der Waals surface area (Å²) in [5.41, 5.74) is -0.388. The standard InChI is InChI=1S/C21H24F4N2O/c1-20(2,3)19-11-15(27(26-19)12-13-5-4-6-13)10-18(28)16-9-14(21(23,24)25)7-8-17(16)22/h7-9,11,13H,4-6,10,12H2,1-3H3. The maximum Gasteiger partial charge on any atom is 0.416 e. The average Bonchev–Trinajstić information content (AvgIpc) is 2.93. The van der Waals surface area contributed by atoms with Gasteiger partial charge in [0.25, 0.3) is 0 Å². The molecular weight excluding hydrogens is 372 g/mol. The molecule has 7 heteroatoms. The number of aromatic nitrogens is 2. The van der Waals surface area contributed by atoms with Gasteiger partial charge in [0.05, 0.1) is 23.2 Å². The highest BCUT2D eigenvalue weighted by Crippen LogP contribution is 2.32. The van der Waals surface area contributed by atoms with Crippen molar-refractivity contribution in [1.29, 1.82) is 0 Å². The van der Waals surface area contributed by atoms with Crippen molar-refractivity contribution in [2.45, 2.75) is 64.6 Å². The van der Waals surface area contributed by atoms with Gasteiger partial charge in [0.1, 0.15) is 5.82 Å². The van der Waals surface area contributed by atoms with Crippen molar-refractivity contribution in [1.82, 2.24) is 9.78 Å². The largest absolute Gasteiger partial charge is 0.416 e. The van der Waals surface area contributed by atoms with E-state index in [1.54, 1.807) is 4.68 Å². The van der Waals surface area contributed by atoms with Crippen molar-refractivity contribution in [3.05, 3.63) is 52.6 Å².